The lowest BCUT2D eigenvalue weighted by molar-refractivity contribution is 0.272. The van der Waals surface area contributed by atoms with E-state index in [1.165, 1.54) is 0 Å². The van der Waals surface area contributed by atoms with Crippen LogP contribution in [0.4, 0.5) is 0 Å². The fourth-order valence-electron chi connectivity index (χ4n) is 1.91. The Morgan fingerprint density at radius 3 is 2.89 bits per heavy atom. The largest absolute Gasteiger partial charge is 0.465 e. The maximum atomic E-state index is 5.76. The molecule has 98 valence electrons. The molecular formula is C13H19N3OS. The van der Waals surface area contributed by atoms with Crippen molar-refractivity contribution < 1.29 is 4.74 Å². The number of nitrogens with zero attached hydrogens (tertiary/aromatic N) is 3. The van der Waals surface area contributed by atoms with Crippen molar-refractivity contribution in [2.75, 3.05) is 13.7 Å². The average molecular weight is 265 g/mol. The van der Waals surface area contributed by atoms with Crippen LogP contribution in [-0.4, -0.2) is 23.2 Å². The third kappa shape index (κ3) is 2.41. The molecule has 0 aliphatic rings. The van der Waals surface area contributed by atoms with Gasteiger partial charge in [-0.3, -0.25) is 9.56 Å². The van der Waals surface area contributed by atoms with Crippen LogP contribution in [0.1, 0.15) is 26.7 Å². The normalized spacial score (nSPS) is 12.3. The summed E-state index contributed by atoms with van der Waals surface area (Å²) in [7, 11) is 1.82. The molecule has 2 aromatic heterocycles. The molecule has 0 aromatic carbocycles. The van der Waals surface area contributed by atoms with Gasteiger partial charge in [0, 0.05) is 13.6 Å². The zero-order valence-corrected chi connectivity index (χ0v) is 12.0. The van der Waals surface area contributed by atoms with Gasteiger partial charge in [-0.15, -0.1) is 11.3 Å². The summed E-state index contributed by atoms with van der Waals surface area (Å²) >= 11 is 1.63. The zero-order chi connectivity index (χ0) is 13.0. The standard InChI is InChI=1S/C13H19N3OS/c1-4-7-16-11(14-3)10-6-9-18-12(10)15-13(16)17-8-5-2/h6,9H,4-5,7-8H2,1-3H3. The Hall–Kier alpha value is -1.36. The monoisotopic (exact) mass is 265 g/mol. The molecule has 2 rings (SSSR count). The molecule has 0 spiro atoms. The highest BCUT2D eigenvalue weighted by atomic mass is 32.1. The lowest BCUT2D eigenvalue weighted by Crippen LogP contribution is -2.24. The second-order valence-corrected chi connectivity index (χ2v) is 4.98. The SMILES string of the molecule is CCCOc1nc2sccc2c(=NC)n1CCC. The molecule has 0 saturated heterocycles. The summed E-state index contributed by atoms with van der Waals surface area (Å²) in [5, 5.41) is 3.16. The van der Waals surface area contributed by atoms with Gasteiger partial charge in [-0.05, 0) is 24.3 Å². The van der Waals surface area contributed by atoms with Gasteiger partial charge in [0.05, 0.1) is 12.0 Å². The van der Waals surface area contributed by atoms with E-state index in [1.54, 1.807) is 11.3 Å². The molecule has 2 heterocycles. The second kappa shape index (κ2) is 6.00. The van der Waals surface area contributed by atoms with Gasteiger partial charge in [0.15, 0.2) is 0 Å². The highest BCUT2D eigenvalue weighted by molar-refractivity contribution is 7.16. The van der Waals surface area contributed by atoms with Crippen molar-refractivity contribution in [1.29, 1.82) is 0 Å². The van der Waals surface area contributed by atoms with Crippen molar-refractivity contribution in [2.45, 2.75) is 33.2 Å². The maximum Gasteiger partial charge on any atom is 0.299 e. The molecule has 0 aliphatic carbocycles. The van der Waals surface area contributed by atoms with Gasteiger partial charge in [0.1, 0.15) is 10.3 Å². The molecular weight excluding hydrogens is 246 g/mol. The molecule has 0 aliphatic heterocycles. The van der Waals surface area contributed by atoms with E-state index in [9.17, 15) is 0 Å². The summed E-state index contributed by atoms with van der Waals surface area (Å²) in [6, 6.07) is 2.76. The molecule has 0 saturated carbocycles. The number of thiophene rings is 1. The first-order chi connectivity index (χ1) is 8.81. The van der Waals surface area contributed by atoms with E-state index in [2.05, 4.69) is 34.5 Å². The van der Waals surface area contributed by atoms with Crippen LogP contribution in [-0.2, 0) is 6.54 Å². The molecule has 5 heteroatoms. The van der Waals surface area contributed by atoms with Crippen molar-refractivity contribution in [3.8, 4) is 6.01 Å². The number of ether oxygens (including phenoxy) is 1. The summed E-state index contributed by atoms with van der Waals surface area (Å²) < 4.78 is 7.83. The molecule has 0 radical (unpaired) electrons. The predicted molar refractivity (Wildman–Crippen MR) is 75.2 cm³/mol. The Morgan fingerprint density at radius 1 is 1.39 bits per heavy atom. The third-order valence-corrected chi connectivity index (χ3v) is 3.47. The van der Waals surface area contributed by atoms with Gasteiger partial charge in [-0.1, -0.05) is 13.8 Å². The summed E-state index contributed by atoms with van der Waals surface area (Å²) in [5.41, 5.74) is 0.967. The van der Waals surface area contributed by atoms with Crippen molar-refractivity contribution >= 4 is 21.6 Å². The van der Waals surface area contributed by atoms with Gasteiger partial charge in [0.25, 0.3) is 6.01 Å². The van der Waals surface area contributed by atoms with Gasteiger partial charge in [-0.2, -0.15) is 4.98 Å². The number of aromatic nitrogens is 2. The number of hydrogen-bond donors (Lipinski definition) is 0. The topological polar surface area (TPSA) is 39.4 Å². The molecule has 0 N–H and O–H groups in total. The lowest BCUT2D eigenvalue weighted by atomic mass is 10.4. The summed E-state index contributed by atoms with van der Waals surface area (Å²) in [4.78, 5) is 10.0. The minimum atomic E-state index is 0.689. The van der Waals surface area contributed by atoms with Crippen molar-refractivity contribution in [2.24, 2.45) is 4.99 Å². The molecule has 18 heavy (non-hydrogen) atoms. The summed E-state index contributed by atoms with van der Waals surface area (Å²) in [6.07, 6.45) is 2.02. The van der Waals surface area contributed by atoms with Crippen LogP contribution in [0, 0.1) is 0 Å². The predicted octanol–water partition coefficient (Wildman–Crippen LogP) is 2.83. The van der Waals surface area contributed by atoms with E-state index < -0.39 is 0 Å². The van der Waals surface area contributed by atoms with Crippen LogP contribution >= 0.6 is 11.3 Å². The highest BCUT2D eigenvalue weighted by Gasteiger charge is 2.10. The molecule has 2 aromatic rings. The van der Waals surface area contributed by atoms with E-state index in [0.29, 0.717) is 12.6 Å². The average Bonchev–Trinajstić information content (AvgIpc) is 2.84. The molecule has 0 fully saturated rings. The van der Waals surface area contributed by atoms with Crippen molar-refractivity contribution in [1.82, 2.24) is 9.55 Å². The third-order valence-electron chi connectivity index (χ3n) is 2.66. The Kier molecular flexibility index (Phi) is 4.36. The van der Waals surface area contributed by atoms with Crippen LogP contribution in [0.25, 0.3) is 10.2 Å². The Bertz CT molecular complexity index is 585. The lowest BCUT2D eigenvalue weighted by Gasteiger charge is -2.13. The van der Waals surface area contributed by atoms with Crippen molar-refractivity contribution in [3.05, 3.63) is 16.9 Å². The van der Waals surface area contributed by atoms with Crippen LogP contribution in [0.2, 0.25) is 0 Å². The fraction of sp³-hybridized carbons (Fsp3) is 0.538. The van der Waals surface area contributed by atoms with Crippen LogP contribution < -0.4 is 10.2 Å². The first-order valence-electron chi connectivity index (χ1n) is 6.35. The van der Waals surface area contributed by atoms with Crippen LogP contribution in [0.5, 0.6) is 6.01 Å². The molecule has 4 nitrogen and oxygen atoms in total. The zero-order valence-electron chi connectivity index (χ0n) is 11.1. The Balaban J connectivity index is 2.62. The van der Waals surface area contributed by atoms with Crippen molar-refractivity contribution in [3.63, 3.8) is 0 Å². The Labute approximate surface area is 111 Å². The maximum absolute atomic E-state index is 5.76. The fourth-order valence-corrected chi connectivity index (χ4v) is 2.66. The van der Waals surface area contributed by atoms with E-state index in [0.717, 1.165) is 35.1 Å². The van der Waals surface area contributed by atoms with Gasteiger partial charge in [0.2, 0.25) is 0 Å². The molecule has 0 atom stereocenters. The second-order valence-electron chi connectivity index (χ2n) is 4.08. The van der Waals surface area contributed by atoms with Crippen LogP contribution in [0.15, 0.2) is 16.4 Å². The molecule has 0 amide bonds. The quantitative estimate of drug-likeness (QED) is 0.834. The highest BCUT2D eigenvalue weighted by Crippen LogP contribution is 2.19. The van der Waals surface area contributed by atoms with E-state index >= 15 is 0 Å². The summed E-state index contributed by atoms with van der Waals surface area (Å²) in [6.45, 7) is 5.81. The first-order valence-corrected chi connectivity index (χ1v) is 7.23. The molecule has 0 bridgehead atoms. The first kappa shape index (κ1) is 13.1. The number of fused-ring (bicyclic) bond motifs is 1. The van der Waals surface area contributed by atoms with E-state index in [1.807, 2.05) is 12.4 Å². The van der Waals surface area contributed by atoms with Crippen LogP contribution in [0.3, 0.4) is 0 Å². The minimum Gasteiger partial charge on any atom is -0.465 e. The smallest absolute Gasteiger partial charge is 0.299 e. The van der Waals surface area contributed by atoms with Gasteiger partial charge in [-0.25, -0.2) is 0 Å². The summed E-state index contributed by atoms with van der Waals surface area (Å²) in [5.74, 6) is 0. The Morgan fingerprint density at radius 2 is 2.22 bits per heavy atom. The number of rotatable bonds is 5. The van der Waals surface area contributed by atoms with E-state index in [4.69, 9.17) is 4.74 Å². The molecule has 0 unspecified atom stereocenters. The van der Waals surface area contributed by atoms with E-state index in [-0.39, 0.29) is 0 Å². The minimum absolute atomic E-state index is 0.689. The van der Waals surface area contributed by atoms with Gasteiger partial charge >= 0.3 is 0 Å². The number of hydrogen-bond acceptors (Lipinski definition) is 4. The van der Waals surface area contributed by atoms with Gasteiger partial charge < -0.3 is 4.74 Å².